The summed E-state index contributed by atoms with van der Waals surface area (Å²) in [4.78, 5) is 3.52. The Kier molecular flexibility index (Phi) is 4.57. The highest BCUT2D eigenvalue weighted by atomic mass is 16.3. The van der Waals surface area contributed by atoms with E-state index in [1.54, 1.807) is 5.57 Å². The second-order valence-corrected chi connectivity index (χ2v) is 11.5. The van der Waals surface area contributed by atoms with Gasteiger partial charge in [0, 0.05) is 27.9 Å². The van der Waals surface area contributed by atoms with Crippen LogP contribution in [0.3, 0.4) is 0 Å². The van der Waals surface area contributed by atoms with E-state index in [9.17, 15) is 5.11 Å². The number of para-hydroxylation sites is 1. The summed E-state index contributed by atoms with van der Waals surface area (Å²) in [5.41, 5.74) is 6.40. The van der Waals surface area contributed by atoms with Crippen LogP contribution in [0.5, 0.6) is 0 Å². The van der Waals surface area contributed by atoms with Crippen LogP contribution in [0.2, 0.25) is 0 Å². The van der Waals surface area contributed by atoms with Gasteiger partial charge in [0.2, 0.25) is 0 Å². The van der Waals surface area contributed by atoms with Crippen molar-refractivity contribution in [3.8, 4) is 0 Å². The Morgan fingerprint density at radius 2 is 1.87 bits per heavy atom. The molecule has 30 heavy (non-hydrogen) atoms. The van der Waals surface area contributed by atoms with E-state index in [0.29, 0.717) is 11.8 Å². The van der Waals surface area contributed by atoms with Crippen molar-refractivity contribution in [3.05, 3.63) is 47.2 Å². The average molecular weight is 406 g/mol. The first-order valence-electron chi connectivity index (χ1n) is 12.1. The second kappa shape index (κ2) is 6.73. The van der Waals surface area contributed by atoms with Gasteiger partial charge in [-0.05, 0) is 87.7 Å². The topological polar surface area (TPSA) is 36.0 Å². The Balaban J connectivity index is 1.65. The number of allylic oxidation sites excluding steroid dienone is 2. The van der Waals surface area contributed by atoms with Crippen LogP contribution in [0.25, 0.3) is 10.9 Å². The number of rotatable bonds is 2. The summed E-state index contributed by atoms with van der Waals surface area (Å²) in [5, 5.41) is 12.7. The monoisotopic (exact) mass is 405 g/mol. The summed E-state index contributed by atoms with van der Waals surface area (Å²) in [6.45, 7) is 12.2. The number of aromatic nitrogens is 1. The number of aromatic amines is 1. The minimum Gasteiger partial charge on any atom is -0.393 e. The van der Waals surface area contributed by atoms with Crippen LogP contribution < -0.4 is 0 Å². The number of hydrogen-bond acceptors (Lipinski definition) is 1. The van der Waals surface area contributed by atoms with Crippen molar-refractivity contribution in [3.63, 3.8) is 0 Å². The highest BCUT2D eigenvalue weighted by molar-refractivity contribution is 5.83. The fourth-order valence-corrected chi connectivity index (χ4v) is 8.44. The van der Waals surface area contributed by atoms with Gasteiger partial charge in [0.1, 0.15) is 0 Å². The molecule has 0 bridgehead atoms. The summed E-state index contributed by atoms with van der Waals surface area (Å²) in [7, 11) is 0. The van der Waals surface area contributed by atoms with Crippen LogP contribution >= 0.6 is 0 Å². The molecule has 0 saturated heterocycles. The van der Waals surface area contributed by atoms with Gasteiger partial charge in [-0.25, -0.2) is 0 Å². The van der Waals surface area contributed by atoms with Gasteiger partial charge in [-0.2, -0.15) is 0 Å². The smallest absolute Gasteiger partial charge is 0.0602 e. The molecule has 1 aromatic heterocycles. The van der Waals surface area contributed by atoms with Crippen LogP contribution in [0.1, 0.15) is 78.7 Å². The van der Waals surface area contributed by atoms with Crippen molar-refractivity contribution in [1.29, 1.82) is 0 Å². The number of aliphatic hydroxyl groups is 1. The number of nitrogens with one attached hydrogen (secondary N) is 1. The maximum absolute atomic E-state index is 11.3. The first-order valence-corrected chi connectivity index (χ1v) is 12.1. The minimum atomic E-state index is -0.156. The van der Waals surface area contributed by atoms with Crippen LogP contribution in [-0.4, -0.2) is 16.2 Å². The Hall–Kier alpha value is -1.54. The molecule has 5 rings (SSSR count). The van der Waals surface area contributed by atoms with E-state index in [4.69, 9.17) is 0 Å². The molecule has 6 atom stereocenters. The number of hydrogen-bond donors (Lipinski definition) is 2. The largest absolute Gasteiger partial charge is 0.393 e. The van der Waals surface area contributed by atoms with Gasteiger partial charge >= 0.3 is 0 Å². The molecule has 0 amide bonds. The molecular formula is C28H39NO. The molecule has 162 valence electrons. The molecule has 2 heteroatoms. The summed E-state index contributed by atoms with van der Waals surface area (Å²) >= 11 is 0. The zero-order valence-corrected chi connectivity index (χ0v) is 19.5. The van der Waals surface area contributed by atoms with Gasteiger partial charge in [-0.1, -0.05) is 50.1 Å². The highest BCUT2D eigenvalue weighted by Crippen LogP contribution is 2.74. The molecule has 3 fully saturated rings. The van der Waals surface area contributed by atoms with E-state index in [2.05, 4.69) is 70.1 Å². The fourth-order valence-electron chi connectivity index (χ4n) is 8.44. The van der Waals surface area contributed by atoms with Gasteiger partial charge in [0.05, 0.1) is 6.10 Å². The lowest BCUT2D eigenvalue weighted by atomic mass is 9.39. The molecule has 3 aliphatic carbocycles. The molecular weight excluding hydrogens is 366 g/mol. The van der Waals surface area contributed by atoms with Crippen LogP contribution in [-0.2, 0) is 6.42 Å². The van der Waals surface area contributed by atoms with Gasteiger partial charge in [0.25, 0.3) is 0 Å². The average Bonchev–Trinajstić information content (AvgIpc) is 3.25. The lowest BCUT2D eigenvalue weighted by molar-refractivity contribution is -0.171. The van der Waals surface area contributed by atoms with Gasteiger partial charge in [-0.15, -0.1) is 0 Å². The predicted molar refractivity (Wildman–Crippen MR) is 125 cm³/mol. The SMILES string of the molecule is CC(C)=C1CCC2(C)C(O)CCC3C(C)(Cc4c[nH]c5ccccc45)C(C)CCC132. The quantitative estimate of drug-likeness (QED) is 0.516. The summed E-state index contributed by atoms with van der Waals surface area (Å²) in [6, 6.07) is 8.76. The minimum absolute atomic E-state index is 0.0319. The zero-order chi connectivity index (χ0) is 21.3. The Labute approximate surface area is 182 Å². The van der Waals surface area contributed by atoms with Crippen molar-refractivity contribution in [2.75, 3.05) is 0 Å². The van der Waals surface area contributed by atoms with Crippen molar-refractivity contribution >= 4 is 10.9 Å². The third-order valence-electron chi connectivity index (χ3n) is 10.3. The Morgan fingerprint density at radius 1 is 1.10 bits per heavy atom. The standard InChI is InChI=1S/C28H39NO/c1-18(2)22-13-14-27(5)25(30)11-10-24-26(4,19(3)12-15-28(22,24)27)16-20-17-29-23-9-7-6-8-21(20)23/h6-9,17,19,24-25,29-30H,10-16H2,1-5H3. The van der Waals surface area contributed by atoms with Gasteiger partial charge < -0.3 is 10.1 Å². The second-order valence-electron chi connectivity index (χ2n) is 11.5. The van der Waals surface area contributed by atoms with Crippen molar-refractivity contribution in [2.45, 2.75) is 85.7 Å². The van der Waals surface area contributed by atoms with Crippen molar-refractivity contribution < 1.29 is 5.11 Å². The summed E-state index contributed by atoms with van der Waals surface area (Å²) < 4.78 is 0. The van der Waals surface area contributed by atoms with Crippen LogP contribution in [0.4, 0.5) is 0 Å². The summed E-state index contributed by atoms with van der Waals surface area (Å²) in [6.07, 6.45) is 10.2. The van der Waals surface area contributed by atoms with E-state index in [1.165, 1.54) is 41.3 Å². The first kappa shape index (κ1) is 20.4. The normalized spacial score (nSPS) is 41.0. The molecule has 2 nitrogen and oxygen atoms in total. The molecule has 3 aliphatic rings. The van der Waals surface area contributed by atoms with Crippen molar-refractivity contribution in [1.82, 2.24) is 4.98 Å². The third kappa shape index (κ3) is 2.46. The molecule has 1 heterocycles. The van der Waals surface area contributed by atoms with E-state index >= 15 is 0 Å². The highest BCUT2D eigenvalue weighted by Gasteiger charge is 2.68. The van der Waals surface area contributed by atoms with Gasteiger partial charge in [0.15, 0.2) is 0 Å². The Bertz CT molecular complexity index is 997. The zero-order valence-electron chi connectivity index (χ0n) is 19.5. The van der Waals surface area contributed by atoms with Crippen molar-refractivity contribution in [2.24, 2.45) is 28.1 Å². The van der Waals surface area contributed by atoms with E-state index in [0.717, 1.165) is 25.7 Å². The molecule has 3 saturated carbocycles. The molecule has 1 aromatic carbocycles. The number of H-pyrrole nitrogens is 1. The van der Waals surface area contributed by atoms with E-state index < -0.39 is 0 Å². The molecule has 0 radical (unpaired) electrons. The third-order valence-corrected chi connectivity index (χ3v) is 10.3. The molecule has 0 aliphatic heterocycles. The Morgan fingerprint density at radius 3 is 2.63 bits per heavy atom. The lowest BCUT2D eigenvalue weighted by Crippen LogP contribution is -2.61. The van der Waals surface area contributed by atoms with E-state index in [-0.39, 0.29) is 22.3 Å². The molecule has 2 aromatic rings. The van der Waals surface area contributed by atoms with Gasteiger partial charge in [-0.3, -0.25) is 0 Å². The fraction of sp³-hybridized carbons (Fsp3) is 0.643. The number of fused-ring (bicyclic) bond motifs is 1. The first-order chi connectivity index (χ1) is 14.2. The molecule has 2 N–H and O–H groups in total. The summed E-state index contributed by atoms with van der Waals surface area (Å²) in [5.74, 6) is 1.34. The maximum Gasteiger partial charge on any atom is 0.0602 e. The number of aliphatic hydroxyl groups excluding tert-OH is 1. The van der Waals surface area contributed by atoms with Crippen LogP contribution in [0, 0.1) is 28.1 Å². The van der Waals surface area contributed by atoms with Crippen LogP contribution in [0.15, 0.2) is 41.6 Å². The number of benzene rings is 1. The predicted octanol–water partition coefficient (Wildman–Crippen LogP) is 7.04. The lowest BCUT2D eigenvalue weighted by Gasteiger charge is -2.65. The molecule has 1 spiro atoms. The van der Waals surface area contributed by atoms with E-state index in [1.807, 2.05) is 0 Å². The molecule has 6 unspecified atom stereocenters. The maximum atomic E-state index is 11.3.